The number of amides is 2. The van der Waals surface area contributed by atoms with Crippen LogP contribution in [0.15, 0.2) is 18.2 Å². The quantitative estimate of drug-likeness (QED) is 0.844. The third-order valence-electron chi connectivity index (χ3n) is 4.39. The largest absolute Gasteiger partial charge is 0.339 e. The SMILES string of the molecule is CCC(CC)C(=O)N1CCN(C(=O)c2c(F)cccc2Cl)CC1. The van der Waals surface area contributed by atoms with E-state index in [-0.39, 0.29) is 22.4 Å². The smallest absolute Gasteiger partial charge is 0.258 e. The molecular formula is C17H22ClFN2O2. The number of benzene rings is 1. The number of rotatable bonds is 4. The molecule has 6 heteroatoms. The first-order valence-electron chi connectivity index (χ1n) is 8.01. The number of nitrogens with zero attached hydrogens (tertiary/aromatic N) is 2. The molecule has 0 N–H and O–H groups in total. The van der Waals surface area contributed by atoms with Gasteiger partial charge in [-0.25, -0.2) is 4.39 Å². The van der Waals surface area contributed by atoms with E-state index in [1.807, 2.05) is 13.8 Å². The van der Waals surface area contributed by atoms with Gasteiger partial charge >= 0.3 is 0 Å². The van der Waals surface area contributed by atoms with Gasteiger partial charge in [0.05, 0.1) is 10.6 Å². The molecule has 1 aliphatic heterocycles. The average molecular weight is 341 g/mol. The highest BCUT2D eigenvalue weighted by Gasteiger charge is 2.29. The highest BCUT2D eigenvalue weighted by atomic mass is 35.5. The summed E-state index contributed by atoms with van der Waals surface area (Å²) in [6.45, 7) is 5.77. The average Bonchev–Trinajstić information content (AvgIpc) is 2.55. The summed E-state index contributed by atoms with van der Waals surface area (Å²) in [6, 6.07) is 4.21. The molecule has 1 fully saturated rings. The standard InChI is InChI=1S/C17H22ClFN2O2/c1-3-12(4-2)16(22)20-8-10-21(11-9-20)17(23)15-13(18)6-5-7-14(15)19/h5-7,12H,3-4,8-11H2,1-2H3. The van der Waals surface area contributed by atoms with Crippen LogP contribution >= 0.6 is 11.6 Å². The van der Waals surface area contributed by atoms with E-state index >= 15 is 0 Å². The maximum Gasteiger partial charge on any atom is 0.258 e. The molecule has 1 heterocycles. The molecule has 4 nitrogen and oxygen atoms in total. The fraction of sp³-hybridized carbons (Fsp3) is 0.529. The van der Waals surface area contributed by atoms with Crippen LogP contribution in [0.1, 0.15) is 37.0 Å². The Morgan fingerprint density at radius 3 is 2.22 bits per heavy atom. The van der Waals surface area contributed by atoms with Crippen molar-refractivity contribution in [2.24, 2.45) is 5.92 Å². The summed E-state index contributed by atoms with van der Waals surface area (Å²) in [6.07, 6.45) is 1.64. The summed E-state index contributed by atoms with van der Waals surface area (Å²) < 4.78 is 13.9. The first-order chi connectivity index (χ1) is 11.0. The van der Waals surface area contributed by atoms with Crippen molar-refractivity contribution in [3.63, 3.8) is 0 Å². The number of halogens is 2. The molecule has 1 saturated heterocycles. The Hall–Kier alpha value is -1.62. The van der Waals surface area contributed by atoms with Crippen LogP contribution < -0.4 is 0 Å². The minimum Gasteiger partial charge on any atom is -0.339 e. The van der Waals surface area contributed by atoms with Gasteiger partial charge in [0.25, 0.3) is 5.91 Å². The predicted octanol–water partition coefficient (Wildman–Crippen LogP) is 3.20. The molecule has 0 bridgehead atoms. The monoisotopic (exact) mass is 340 g/mol. The van der Waals surface area contributed by atoms with Crippen molar-refractivity contribution < 1.29 is 14.0 Å². The van der Waals surface area contributed by atoms with E-state index < -0.39 is 11.7 Å². The van der Waals surface area contributed by atoms with Crippen molar-refractivity contribution in [2.45, 2.75) is 26.7 Å². The molecule has 0 saturated carbocycles. The van der Waals surface area contributed by atoms with E-state index in [1.54, 1.807) is 9.80 Å². The summed E-state index contributed by atoms with van der Waals surface area (Å²) in [5.74, 6) is -0.843. The van der Waals surface area contributed by atoms with Gasteiger partial charge in [0.1, 0.15) is 5.82 Å². The Morgan fingerprint density at radius 2 is 1.70 bits per heavy atom. The zero-order valence-electron chi connectivity index (χ0n) is 13.5. The lowest BCUT2D eigenvalue weighted by molar-refractivity contribution is -0.137. The number of carbonyl (C=O) groups excluding carboxylic acids is 2. The van der Waals surface area contributed by atoms with Crippen LogP contribution in [0.3, 0.4) is 0 Å². The maximum atomic E-state index is 13.9. The zero-order chi connectivity index (χ0) is 17.0. The lowest BCUT2D eigenvalue weighted by atomic mass is 10.0. The molecule has 1 aromatic rings. The second-order valence-electron chi connectivity index (χ2n) is 5.73. The molecule has 2 rings (SSSR count). The minimum absolute atomic E-state index is 0.0401. The second kappa shape index (κ2) is 7.77. The fourth-order valence-electron chi connectivity index (χ4n) is 2.89. The molecule has 0 atom stereocenters. The molecule has 0 spiro atoms. The van der Waals surface area contributed by atoms with Gasteiger partial charge in [-0.1, -0.05) is 31.5 Å². The van der Waals surface area contributed by atoms with Gasteiger partial charge in [0.15, 0.2) is 0 Å². The van der Waals surface area contributed by atoms with E-state index in [0.717, 1.165) is 12.8 Å². The highest BCUT2D eigenvalue weighted by Crippen LogP contribution is 2.22. The Morgan fingerprint density at radius 1 is 1.13 bits per heavy atom. The van der Waals surface area contributed by atoms with E-state index in [9.17, 15) is 14.0 Å². The molecule has 126 valence electrons. The van der Waals surface area contributed by atoms with Crippen molar-refractivity contribution in [3.05, 3.63) is 34.6 Å². The summed E-state index contributed by atoms with van der Waals surface area (Å²) in [7, 11) is 0. The molecule has 1 aliphatic rings. The Balaban J connectivity index is 2.02. The third kappa shape index (κ3) is 3.83. The predicted molar refractivity (Wildman–Crippen MR) is 88.0 cm³/mol. The van der Waals surface area contributed by atoms with E-state index in [2.05, 4.69) is 0 Å². The van der Waals surface area contributed by atoms with Crippen LogP contribution in [0.5, 0.6) is 0 Å². The van der Waals surface area contributed by atoms with Gasteiger partial charge in [0, 0.05) is 32.1 Å². The van der Waals surface area contributed by atoms with Crippen LogP contribution in [0.25, 0.3) is 0 Å². The number of piperazine rings is 1. The zero-order valence-corrected chi connectivity index (χ0v) is 14.3. The highest BCUT2D eigenvalue weighted by molar-refractivity contribution is 6.33. The number of carbonyl (C=O) groups is 2. The van der Waals surface area contributed by atoms with Crippen LogP contribution in [0.4, 0.5) is 4.39 Å². The van der Waals surface area contributed by atoms with Crippen LogP contribution in [-0.2, 0) is 4.79 Å². The van der Waals surface area contributed by atoms with Crippen molar-refractivity contribution in [1.82, 2.24) is 9.80 Å². The van der Waals surface area contributed by atoms with Crippen molar-refractivity contribution in [2.75, 3.05) is 26.2 Å². The van der Waals surface area contributed by atoms with Crippen LogP contribution in [-0.4, -0.2) is 47.8 Å². The molecular weight excluding hydrogens is 319 g/mol. The summed E-state index contributed by atoms with van der Waals surface area (Å²) in [5, 5.41) is 0.116. The van der Waals surface area contributed by atoms with E-state index in [1.165, 1.54) is 18.2 Å². The molecule has 1 aromatic carbocycles. The molecule has 0 aliphatic carbocycles. The maximum absolute atomic E-state index is 13.9. The molecule has 0 unspecified atom stereocenters. The minimum atomic E-state index is -0.613. The lowest BCUT2D eigenvalue weighted by Crippen LogP contribution is -2.52. The van der Waals surface area contributed by atoms with Gasteiger partial charge in [-0.15, -0.1) is 0 Å². The van der Waals surface area contributed by atoms with Gasteiger partial charge in [0.2, 0.25) is 5.91 Å². The lowest BCUT2D eigenvalue weighted by Gasteiger charge is -2.36. The molecule has 2 amide bonds. The van der Waals surface area contributed by atoms with E-state index in [0.29, 0.717) is 26.2 Å². The summed E-state index contributed by atoms with van der Waals surface area (Å²) in [5.41, 5.74) is -0.0889. The Labute approximate surface area is 141 Å². The third-order valence-corrected chi connectivity index (χ3v) is 4.70. The first kappa shape index (κ1) is 17.7. The number of hydrogen-bond donors (Lipinski definition) is 0. The summed E-state index contributed by atoms with van der Waals surface area (Å²) >= 11 is 5.95. The second-order valence-corrected chi connectivity index (χ2v) is 6.13. The van der Waals surface area contributed by atoms with Gasteiger partial charge in [-0.2, -0.15) is 0 Å². The van der Waals surface area contributed by atoms with Crippen LogP contribution in [0.2, 0.25) is 5.02 Å². The Kier molecular flexibility index (Phi) is 5.99. The molecule has 0 aromatic heterocycles. The molecule has 23 heavy (non-hydrogen) atoms. The van der Waals surface area contributed by atoms with Gasteiger partial charge < -0.3 is 9.80 Å². The Bertz CT molecular complexity index is 562. The number of hydrogen-bond acceptors (Lipinski definition) is 2. The summed E-state index contributed by atoms with van der Waals surface area (Å²) in [4.78, 5) is 28.2. The molecule has 0 radical (unpaired) electrons. The normalized spacial score (nSPS) is 15.2. The van der Waals surface area contributed by atoms with Gasteiger partial charge in [-0.3, -0.25) is 9.59 Å². The fourth-order valence-corrected chi connectivity index (χ4v) is 3.13. The van der Waals surface area contributed by atoms with Crippen molar-refractivity contribution in [1.29, 1.82) is 0 Å². The van der Waals surface area contributed by atoms with Crippen molar-refractivity contribution >= 4 is 23.4 Å². The van der Waals surface area contributed by atoms with E-state index in [4.69, 9.17) is 11.6 Å². The van der Waals surface area contributed by atoms with Gasteiger partial charge in [-0.05, 0) is 25.0 Å². The van der Waals surface area contributed by atoms with Crippen LogP contribution in [0, 0.1) is 11.7 Å². The van der Waals surface area contributed by atoms with Crippen molar-refractivity contribution in [3.8, 4) is 0 Å². The first-order valence-corrected chi connectivity index (χ1v) is 8.39. The topological polar surface area (TPSA) is 40.6 Å².